The maximum absolute atomic E-state index is 11.6. The number of nitrogens with two attached hydrogens (primary N) is 1. The summed E-state index contributed by atoms with van der Waals surface area (Å²) in [6.45, 7) is 3.82. The van der Waals surface area contributed by atoms with Crippen molar-refractivity contribution in [1.82, 2.24) is 5.16 Å². The Balaban J connectivity index is 1.68. The first kappa shape index (κ1) is 17.3. The molecule has 134 valence electrons. The average Bonchev–Trinajstić information content (AvgIpc) is 2.95. The van der Waals surface area contributed by atoms with Crippen LogP contribution in [0.3, 0.4) is 0 Å². The fraction of sp³-hybridized carbons (Fsp3) is 0.474. The highest BCUT2D eigenvalue weighted by Gasteiger charge is 2.27. The fourth-order valence-electron chi connectivity index (χ4n) is 3.60. The minimum atomic E-state index is -0.0956. The Morgan fingerprint density at radius 3 is 2.56 bits per heavy atom. The predicted octanol–water partition coefficient (Wildman–Crippen LogP) is 3.68. The third-order valence-corrected chi connectivity index (χ3v) is 4.99. The number of aromatic nitrogens is 1. The molecule has 0 radical (unpaired) electrons. The monoisotopic (exact) mass is 343 g/mol. The summed E-state index contributed by atoms with van der Waals surface area (Å²) in [5, 5.41) is 7.51. The molecule has 1 aromatic heterocycles. The third kappa shape index (κ3) is 3.62. The van der Waals surface area contributed by atoms with E-state index in [0.717, 1.165) is 54.0 Å². The Morgan fingerprint density at radius 2 is 2.00 bits per heavy atom. The zero-order valence-electron chi connectivity index (χ0n) is 15.0. The van der Waals surface area contributed by atoms with Crippen molar-refractivity contribution >= 4 is 17.3 Å². The Bertz CT molecular complexity index is 742. The van der Waals surface area contributed by atoms with Crippen molar-refractivity contribution in [3.8, 4) is 11.1 Å². The van der Waals surface area contributed by atoms with E-state index < -0.39 is 0 Å². The second-order valence-electron chi connectivity index (χ2n) is 6.72. The van der Waals surface area contributed by atoms with Gasteiger partial charge in [0.2, 0.25) is 0 Å². The van der Waals surface area contributed by atoms with Gasteiger partial charge in [-0.15, -0.1) is 0 Å². The smallest absolute Gasteiger partial charge is 0.308 e. The SMILES string of the molecule is COC(=O)C1CCC(Nc2ccc(-c3c(C)noc3C)cc2N)CC1. The van der Waals surface area contributed by atoms with Gasteiger partial charge in [-0.05, 0) is 57.2 Å². The van der Waals surface area contributed by atoms with E-state index in [1.165, 1.54) is 7.11 Å². The normalized spacial score (nSPS) is 20.3. The predicted molar refractivity (Wildman–Crippen MR) is 97.2 cm³/mol. The molecule has 3 rings (SSSR count). The van der Waals surface area contributed by atoms with Gasteiger partial charge in [-0.25, -0.2) is 0 Å². The number of ether oxygens (including phenoxy) is 1. The number of esters is 1. The standard InChI is InChI=1S/C19H25N3O3/c1-11-18(12(2)25-22-11)14-6-9-17(16(20)10-14)21-15-7-4-13(5-8-15)19(23)24-3/h6,9-10,13,15,21H,4-5,7-8,20H2,1-3H3. The minimum absolute atomic E-state index is 0.0299. The van der Waals surface area contributed by atoms with E-state index in [0.29, 0.717) is 11.7 Å². The summed E-state index contributed by atoms with van der Waals surface area (Å²) in [5.74, 6) is 0.725. The maximum Gasteiger partial charge on any atom is 0.308 e. The van der Waals surface area contributed by atoms with Gasteiger partial charge in [-0.3, -0.25) is 4.79 Å². The van der Waals surface area contributed by atoms with Crippen LogP contribution in [0.4, 0.5) is 11.4 Å². The van der Waals surface area contributed by atoms with Gasteiger partial charge in [0.05, 0.1) is 30.1 Å². The lowest BCUT2D eigenvalue weighted by Crippen LogP contribution is -2.30. The second-order valence-corrected chi connectivity index (χ2v) is 6.72. The minimum Gasteiger partial charge on any atom is -0.469 e. The number of hydrogen-bond acceptors (Lipinski definition) is 6. The van der Waals surface area contributed by atoms with E-state index in [9.17, 15) is 4.79 Å². The lowest BCUT2D eigenvalue weighted by atomic mass is 9.86. The Hall–Kier alpha value is -2.50. The van der Waals surface area contributed by atoms with Crippen molar-refractivity contribution in [1.29, 1.82) is 0 Å². The molecule has 6 heteroatoms. The average molecular weight is 343 g/mol. The number of aryl methyl sites for hydroxylation is 2. The van der Waals surface area contributed by atoms with Gasteiger partial charge >= 0.3 is 5.97 Å². The zero-order chi connectivity index (χ0) is 18.0. The van der Waals surface area contributed by atoms with Crippen LogP contribution >= 0.6 is 0 Å². The molecule has 0 atom stereocenters. The molecular weight excluding hydrogens is 318 g/mol. The summed E-state index contributed by atoms with van der Waals surface area (Å²) in [6, 6.07) is 6.32. The quantitative estimate of drug-likeness (QED) is 0.650. The first-order valence-electron chi connectivity index (χ1n) is 8.66. The molecule has 1 heterocycles. The van der Waals surface area contributed by atoms with E-state index in [2.05, 4.69) is 10.5 Å². The summed E-state index contributed by atoms with van der Waals surface area (Å²) in [4.78, 5) is 11.6. The van der Waals surface area contributed by atoms with Crippen molar-refractivity contribution in [3.05, 3.63) is 29.7 Å². The molecule has 1 aliphatic rings. The number of carbonyl (C=O) groups excluding carboxylic acids is 1. The van der Waals surface area contributed by atoms with Crippen LogP contribution in [-0.2, 0) is 9.53 Å². The van der Waals surface area contributed by atoms with Crippen molar-refractivity contribution in [2.45, 2.75) is 45.6 Å². The molecule has 2 aromatic rings. The summed E-state index contributed by atoms with van der Waals surface area (Å²) in [5.41, 5.74) is 10.7. The molecule has 3 N–H and O–H groups in total. The molecule has 0 unspecified atom stereocenters. The van der Waals surface area contributed by atoms with Crippen LogP contribution in [0.15, 0.2) is 22.7 Å². The highest BCUT2D eigenvalue weighted by Crippen LogP contribution is 2.33. The Kier molecular flexibility index (Phi) is 4.97. The molecule has 1 aliphatic carbocycles. The number of nitrogens with one attached hydrogen (secondary N) is 1. The molecule has 1 fully saturated rings. The van der Waals surface area contributed by atoms with Crippen LogP contribution in [0.5, 0.6) is 0 Å². The number of methoxy groups -OCH3 is 1. The first-order valence-corrected chi connectivity index (χ1v) is 8.66. The van der Waals surface area contributed by atoms with Crippen LogP contribution in [0.25, 0.3) is 11.1 Å². The number of anilines is 2. The van der Waals surface area contributed by atoms with Gasteiger partial charge in [0.1, 0.15) is 5.76 Å². The molecule has 0 aliphatic heterocycles. The van der Waals surface area contributed by atoms with E-state index in [1.807, 2.05) is 32.0 Å². The van der Waals surface area contributed by atoms with Crippen LogP contribution in [-0.4, -0.2) is 24.3 Å². The number of benzene rings is 1. The number of hydrogen-bond donors (Lipinski definition) is 2. The third-order valence-electron chi connectivity index (χ3n) is 4.99. The molecule has 0 bridgehead atoms. The number of carbonyl (C=O) groups is 1. The van der Waals surface area contributed by atoms with Gasteiger partial charge in [0.15, 0.2) is 0 Å². The van der Waals surface area contributed by atoms with Gasteiger partial charge in [-0.1, -0.05) is 11.2 Å². The maximum atomic E-state index is 11.6. The molecule has 0 amide bonds. The van der Waals surface area contributed by atoms with E-state index in [1.54, 1.807) is 0 Å². The molecule has 1 aromatic carbocycles. The van der Waals surface area contributed by atoms with E-state index in [4.69, 9.17) is 15.0 Å². The van der Waals surface area contributed by atoms with Crippen molar-refractivity contribution in [3.63, 3.8) is 0 Å². The van der Waals surface area contributed by atoms with E-state index in [-0.39, 0.29) is 11.9 Å². The van der Waals surface area contributed by atoms with Gasteiger partial charge in [-0.2, -0.15) is 0 Å². The van der Waals surface area contributed by atoms with Crippen molar-refractivity contribution < 1.29 is 14.1 Å². The van der Waals surface area contributed by atoms with Crippen LogP contribution in [0, 0.1) is 19.8 Å². The van der Waals surface area contributed by atoms with Gasteiger partial charge in [0, 0.05) is 11.6 Å². The van der Waals surface area contributed by atoms with Gasteiger partial charge < -0.3 is 20.3 Å². The van der Waals surface area contributed by atoms with Crippen LogP contribution < -0.4 is 11.1 Å². The zero-order valence-corrected chi connectivity index (χ0v) is 15.0. The van der Waals surface area contributed by atoms with Crippen molar-refractivity contribution in [2.24, 2.45) is 5.92 Å². The first-order chi connectivity index (χ1) is 12.0. The Morgan fingerprint density at radius 1 is 1.28 bits per heavy atom. The number of nitrogens with zero attached hydrogens (tertiary/aromatic N) is 1. The number of nitrogen functional groups attached to an aromatic ring is 1. The largest absolute Gasteiger partial charge is 0.469 e. The lowest BCUT2D eigenvalue weighted by molar-refractivity contribution is -0.146. The van der Waals surface area contributed by atoms with Crippen LogP contribution in [0.1, 0.15) is 37.1 Å². The highest BCUT2D eigenvalue weighted by molar-refractivity contribution is 5.78. The second kappa shape index (κ2) is 7.17. The van der Waals surface area contributed by atoms with E-state index >= 15 is 0 Å². The molecule has 25 heavy (non-hydrogen) atoms. The van der Waals surface area contributed by atoms with Gasteiger partial charge in [0.25, 0.3) is 0 Å². The summed E-state index contributed by atoms with van der Waals surface area (Å²) in [6.07, 6.45) is 3.57. The number of rotatable bonds is 4. The lowest BCUT2D eigenvalue weighted by Gasteiger charge is -2.28. The molecular formula is C19H25N3O3. The molecule has 0 saturated heterocycles. The summed E-state index contributed by atoms with van der Waals surface area (Å²) >= 11 is 0. The molecule has 6 nitrogen and oxygen atoms in total. The molecule has 1 saturated carbocycles. The fourth-order valence-corrected chi connectivity index (χ4v) is 3.60. The summed E-state index contributed by atoms with van der Waals surface area (Å²) < 4.78 is 10.1. The highest BCUT2D eigenvalue weighted by atomic mass is 16.5. The topological polar surface area (TPSA) is 90.4 Å². The van der Waals surface area contributed by atoms with Crippen molar-refractivity contribution in [2.75, 3.05) is 18.2 Å². The molecule has 0 spiro atoms. The summed E-state index contributed by atoms with van der Waals surface area (Å²) in [7, 11) is 1.45. The van der Waals surface area contributed by atoms with Crippen LogP contribution in [0.2, 0.25) is 0 Å². The Labute approximate surface area is 147 Å².